The van der Waals surface area contributed by atoms with Gasteiger partial charge in [0.15, 0.2) is 0 Å². The van der Waals surface area contributed by atoms with E-state index in [-0.39, 0.29) is 11.8 Å². The lowest BCUT2D eigenvalue weighted by atomic mass is 9.92. The minimum absolute atomic E-state index is 0.112. The Labute approximate surface area is 167 Å². The van der Waals surface area contributed by atoms with Crippen molar-refractivity contribution in [2.45, 2.75) is 44.6 Å². The van der Waals surface area contributed by atoms with Gasteiger partial charge in [0.25, 0.3) is 5.91 Å². The lowest BCUT2D eigenvalue weighted by Gasteiger charge is -2.33. The van der Waals surface area contributed by atoms with Crippen LogP contribution in [-0.2, 0) is 9.53 Å². The maximum absolute atomic E-state index is 12.9. The van der Waals surface area contributed by atoms with Crippen LogP contribution in [0, 0.1) is 5.92 Å². The molecule has 1 saturated carbocycles. The molecule has 6 nitrogen and oxygen atoms in total. The summed E-state index contributed by atoms with van der Waals surface area (Å²) in [5, 5.41) is 3.05. The van der Waals surface area contributed by atoms with Crippen LogP contribution in [0.1, 0.15) is 48.9 Å². The molecule has 1 N–H and O–H groups in total. The third kappa shape index (κ3) is 5.04. The second kappa shape index (κ2) is 8.95. The van der Waals surface area contributed by atoms with Gasteiger partial charge in [0, 0.05) is 49.9 Å². The highest BCUT2D eigenvalue weighted by atomic mass is 16.5. The van der Waals surface area contributed by atoms with Gasteiger partial charge in [-0.15, -0.1) is 0 Å². The summed E-state index contributed by atoms with van der Waals surface area (Å²) in [6, 6.07) is 8.40. The molecule has 2 aliphatic heterocycles. The fourth-order valence-corrected chi connectivity index (χ4v) is 4.17. The van der Waals surface area contributed by atoms with E-state index >= 15 is 0 Å². The van der Waals surface area contributed by atoms with E-state index < -0.39 is 0 Å². The molecule has 6 heteroatoms. The van der Waals surface area contributed by atoms with Crippen molar-refractivity contribution in [3.05, 3.63) is 29.8 Å². The predicted molar refractivity (Wildman–Crippen MR) is 109 cm³/mol. The molecule has 0 radical (unpaired) electrons. The van der Waals surface area contributed by atoms with Gasteiger partial charge >= 0.3 is 0 Å². The zero-order chi connectivity index (χ0) is 19.3. The standard InChI is InChI=1S/C22H31N3O3/c26-21(23-19-6-7-19)10-3-17-2-1-11-25(16-17)22(27)18-4-8-20(9-5-18)24-12-14-28-15-13-24/h4-5,8-9,17,19H,1-3,6-7,10-16H2,(H,23,26). The van der Waals surface area contributed by atoms with E-state index in [1.807, 2.05) is 29.2 Å². The number of carbonyl (C=O) groups excluding carboxylic acids is 2. The van der Waals surface area contributed by atoms with Crippen molar-refractivity contribution in [3.8, 4) is 0 Å². The number of benzene rings is 1. The fraction of sp³-hybridized carbons (Fsp3) is 0.636. The van der Waals surface area contributed by atoms with Gasteiger partial charge in [-0.3, -0.25) is 9.59 Å². The maximum atomic E-state index is 12.9. The predicted octanol–water partition coefficient (Wildman–Crippen LogP) is 2.43. The van der Waals surface area contributed by atoms with Crippen molar-refractivity contribution in [2.24, 2.45) is 5.92 Å². The molecule has 1 aromatic rings. The number of piperidine rings is 1. The van der Waals surface area contributed by atoms with Crippen LogP contribution < -0.4 is 10.2 Å². The summed E-state index contributed by atoms with van der Waals surface area (Å²) in [7, 11) is 0. The molecule has 1 unspecified atom stereocenters. The first-order chi connectivity index (χ1) is 13.7. The van der Waals surface area contributed by atoms with E-state index in [1.54, 1.807) is 0 Å². The summed E-state index contributed by atoms with van der Waals surface area (Å²) in [6.45, 7) is 4.89. The molecule has 4 rings (SSSR count). The number of morpholine rings is 1. The highest BCUT2D eigenvalue weighted by Gasteiger charge is 2.27. The lowest BCUT2D eigenvalue weighted by molar-refractivity contribution is -0.121. The van der Waals surface area contributed by atoms with E-state index in [4.69, 9.17) is 4.74 Å². The van der Waals surface area contributed by atoms with Crippen LogP contribution >= 0.6 is 0 Å². The van der Waals surface area contributed by atoms with E-state index in [9.17, 15) is 9.59 Å². The molecule has 3 aliphatic rings. The minimum Gasteiger partial charge on any atom is -0.378 e. The van der Waals surface area contributed by atoms with E-state index in [1.165, 1.54) is 0 Å². The van der Waals surface area contributed by atoms with Crippen molar-refractivity contribution >= 4 is 17.5 Å². The zero-order valence-corrected chi connectivity index (χ0v) is 16.6. The molecular weight excluding hydrogens is 354 g/mol. The van der Waals surface area contributed by atoms with Crippen LogP contribution in [0.15, 0.2) is 24.3 Å². The van der Waals surface area contributed by atoms with Gasteiger partial charge in [-0.25, -0.2) is 0 Å². The average Bonchev–Trinajstić information content (AvgIpc) is 3.57. The number of anilines is 1. The number of hydrogen-bond acceptors (Lipinski definition) is 4. The Hall–Kier alpha value is -2.08. The summed E-state index contributed by atoms with van der Waals surface area (Å²) < 4.78 is 5.40. The summed E-state index contributed by atoms with van der Waals surface area (Å²) >= 11 is 0. The van der Waals surface area contributed by atoms with Crippen LogP contribution in [0.4, 0.5) is 5.69 Å². The molecule has 2 heterocycles. The average molecular weight is 386 g/mol. The van der Waals surface area contributed by atoms with Crippen LogP contribution in [-0.4, -0.2) is 62.1 Å². The Kier molecular flexibility index (Phi) is 6.15. The van der Waals surface area contributed by atoms with E-state index in [0.717, 1.165) is 82.7 Å². The second-order valence-electron chi connectivity index (χ2n) is 8.29. The molecule has 0 spiro atoms. The number of likely N-dealkylation sites (tertiary alicyclic amines) is 1. The lowest BCUT2D eigenvalue weighted by Crippen LogP contribution is -2.40. The third-order valence-corrected chi connectivity index (χ3v) is 6.02. The van der Waals surface area contributed by atoms with Crippen LogP contribution in [0.3, 0.4) is 0 Å². The quantitative estimate of drug-likeness (QED) is 0.817. The third-order valence-electron chi connectivity index (χ3n) is 6.02. The highest BCUT2D eigenvalue weighted by Crippen LogP contribution is 2.24. The number of amides is 2. The topological polar surface area (TPSA) is 61.9 Å². The minimum atomic E-state index is 0.112. The number of carbonyl (C=O) groups is 2. The van der Waals surface area contributed by atoms with Gasteiger partial charge in [0.05, 0.1) is 13.2 Å². The smallest absolute Gasteiger partial charge is 0.253 e. The van der Waals surface area contributed by atoms with Gasteiger partial charge in [-0.05, 0) is 62.3 Å². The van der Waals surface area contributed by atoms with Crippen LogP contribution in [0.25, 0.3) is 0 Å². The number of ether oxygens (including phenoxy) is 1. The molecule has 3 fully saturated rings. The Morgan fingerprint density at radius 2 is 1.79 bits per heavy atom. The summed E-state index contributed by atoms with van der Waals surface area (Å²) in [4.78, 5) is 29.1. The first-order valence-electron chi connectivity index (χ1n) is 10.7. The van der Waals surface area contributed by atoms with Gasteiger partial charge in [0.2, 0.25) is 5.91 Å². The zero-order valence-electron chi connectivity index (χ0n) is 16.6. The number of nitrogens with zero attached hydrogens (tertiary/aromatic N) is 2. The van der Waals surface area contributed by atoms with Gasteiger partial charge in [-0.2, -0.15) is 0 Å². The van der Waals surface area contributed by atoms with Crippen LogP contribution in [0.5, 0.6) is 0 Å². The molecule has 1 aliphatic carbocycles. The summed E-state index contributed by atoms with van der Waals surface area (Å²) in [5.74, 6) is 0.709. The Bertz CT molecular complexity index is 681. The van der Waals surface area contributed by atoms with E-state index in [2.05, 4.69) is 10.2 Å². The van der Waals surface area contributed by atoms with Gasteiger partial charge in [-0.1, -0.05) is 0 Å². The van der Waals surface area contributed by atoms with Crippen molar-refractivity contribution in [1.29, 1.82) is 0 Å². The van der Waals surface area contributed by atoms with Crippen molar-refractivity contribution in [2.75, 3.05) is 44.3 Å². The maximum Gasteiger partial charge on any atom is 0.253 e. The first kappa shape index (κ1) is 19.2. The fourth-order valence-electron chi connectivity index (χ4n) is 4.17. The molecule has 152 valence electrons. The van der Waals surface area contributed by atoms with E-state index in [0.29, 0.717) is 18.4 Å². The number of hydrogen-bond donors (Lipinski definition) is 1. The van der Waals surface area contributed by atoms with Gasteiger partial charge in [0.1, 0.15) is 0 Å². The normalized spacial score (nSPS) is 22.8. The number of rotatable bonds is 6. The van der Waals surface area contributed by atoms with Gasteiger partial charge < -0.3 is 19.9 Å². The van der Waals surface area contributed by atoms with Crippen molar-refractivity contribution in [3.63, 3.8) is 0 Å². The number of nitrogens with one attached hydrogen (secondary N) is 1. The molecule has 0 aromatic heterocycles. The van der Waals surface area contributed by atoms with Crippen molar-refractivity contribution < 1.29 is 14.3 Å². The van der Waals surface area contributed by atoms with Crippen molar-refractivity contribution in [1.82, 2.24) is 10.2 Å². The molecule has 1 aromatic carbocycles. The molecule has 0 bridgehead atoms. The molecule has 28 heavy (non-hydrogen) atoms. The summed E-state index contributed by atoms with van der Waals surface area (Å²) in [6.07, 6.45) is 5.84. The Morgan fingerprint density at radius 1 is 1.04 bits per heavy atom. The summed E-state index contributed by atoms with van der Waals surface area (Å²) in [5.41, 5.74) is 1.90. The first-order valence-corrected chi connectivity index (χ1v) is 10.7. The monoisotopic (exact) mass is 385 g/mol. The van der Waals surface area contributed by atoms with Crippen LogP contribution in [0.2, 0.25) is 0 Å². The molecule has 1 atom stereocenters. The second-order valence-corrected chi connectivity index (χ2v) is 8.29. The SMILES string of the molecule is O=C(CCC1CCCN(C(=O)c2ccc(N3CCOCC3)cc2)C1)NC1CC1. The molecule has 2 saturated heterocycles. The Morgan fingerprint density at radius 3 is 2.50 bits per heavy atom. The largest absolute Gasteiger partial charge is 0.378 e. The Balaban J connectivity index is 1.28. The molecular formula is C22H31N3O3. The molecule has 2 amide bonds. The highest BCUT2D eigenvalue weighted by molar-refractivity contribution is 5.94.